The van der Waals surface area contributed by atoms with Crippen molar-refractivity contribution in [3.8, 4) is 0 Å². The molecule has 1 fully saturated rings. The van der Waals surface area contributed by atoms with Crippen molar-refractivity contribution in [1.82, 2.24) is 15.5 Å². The number of halogens is 1. The number of benzene rings is 1. The zero-order valence-electron chi connectivity index (χ0n) is 16.1. The maximum atomic E-state index is 11.4. The predicted molar refractivity (Wildman–Crippen MR) is 121 cm³/mol. The summed E-state index contributed by atoms with van der Waals surface area (Å²) in [7, 11) is -1.96. The molecule has 1 aromatic rings. The molecule has 1 heterocycles. The van der Waals surface area contributed by atoms with E-state index in [2.05, 4.69) is 27.4 Å². The molecule has 2 rings (SSSR count). The molecule has 1 aliphatic heterocycles. The summed E-state index contributed by atoms with van der Waals surface area (Å²) in [4.78, 5) is 6.89. The van der Waals surface area contributed by atoms with Gasteiger partial charge in [0, 0.05) is 32.7 Å². The van der Waals surface area contributed by atoms with Crippen LogP contribution in [-0.2, 0) is 16.6 Å². The van der Waals surface area contributed by atoms with Gasteiger partial charge in [-0.2, -0.15) is 0 Å². The molecular formula is C18H32IN5O2S. The number of piperidine rings is 1. The number of primary sulfonamides is 1. The topological polar surface area (TPSA) is 99.8 Å². The third-order valence-corrected chi connectivity index (χ3v) is 5.68. The van der Waals surface area contributed by atoms with E-state index in [1.807, 2.05) is 6.07 Å². The van der Waals surface area contributed by atoms with Gasteiger partial charge < -0.3 is 15.5 Å². The van der Waals surface area contributed by atoms with Crippen molar-refractivity contribution in [2.24, 2.45) is 10.1 Å². The van der Waals surface area contributed by atoms with E-state index in [0.717, 1.165) is 25.1 Å². The van der Waals surface area contributed by atoms with Gasteiger partial charge in [-0.1, -0.05) is 18.6 Å². The van der Waals surface area contributed by atoms with E-state index < -0.39 is 10.0 Å². The van der Waals surface area contributed by atoms with Gasteiger partial charge in [-0.3, -0.25) is 4.99 Å². The van der Waals surface area contributed by atoms with Crippen LogP contribution in [-0.4, -0.2) is 52.0 Å². The number of hydrogen-bond donors (Lipinski definition) is 3. The van der Waals surface area contributed by atoms with E-state index in [-0.39, 0.29) is 28.9 Å². The molecular weight excluding hydrogens is 477 g/mol. The second-order valence-electron chi connectivity index (χ2n) is 6.78. The average Bonchev–Trinajstić information content (AvgIpc) is 2.62. The number of hydrogen-bond acceptors (Lipinski definition) is 4. The Morgan fingerprint density at radius 2 is 2.11 bits per heavy atom. The third kappa shape index (κ3) is 8.32. The molecule has 27 heavy (non-hydrogen) atoms. The first-order chi connectivity index (χ1) is 12.4. The van der Waals surface area contributed by atoms with Crippen molar-refractivity contribution in [2.75, 3.05) is 26.7 Å². The highest BCUT2D eigenvalue weighted by Gasteiger charge is 2.17. The summed E-state index contributed by atoms with van der Waals surface area (Å²) in [5.74, 6) is 0.706. The second-order valence-corrected chi connectivity index (χ2v) is 8.34. The minimum Gasteiger partial charge on any atom is -0.356 e. The molecule has 1 aromatic carbocycles. The third-order valence-electron chi connectivity index (χ3n) is 4.77. The summed E-state index contributed by atoms with van der Waals surface area (Å²) in [6.45, 7) is 5.94. The number of nitrogens with one attached hydrogen (secondary N) is 2. The molecule has 1 aliphatic rings. The Morgan fingerprint density at radius 1 is 1.33 bits per heavy atom. The maximum Gasteiger partial charge on any atom is 0.238 e. The average molecular weight is 509 g/mol. The lowest BCUT2D eigenvalue weighted by Gasteiger charge is -2.33. The molecule has 0 aliphatic carbocycles. The van der Waals surface area contributed by atoms with Gasteiger partial charge in [0.1, 0.15) is 0 Å². The Morgan fingerprint density at radius 3 is 2.78 bits per heavy atom. The van der Waals surface area contributed by atoms with Crippen LogP contribution in [0.25, 0.3) is 0 Å². The molecule has 0 amide bonds. The first-order valence-corrected chi connectivity index (χ1v) is 10.7. The number of aliphatic imine (C=N–C) groups is 1. The van der Waals surface area contributed by atoms with Crippen LogP contribution in [0.1, 0.15) is 38.2 Å². The van der Waals surface area contributed by atoms with Gasteiger partial charge >= 0.3 is 0 Å². The molecule has 0 spiro atoms. The molecule has 1 atom stereocenters. The number of likely N-dealkylation sites (tertiary alicyclic amines) is 1. The van der Waals surface area contributed by atoms with Crippen molar-refractivity contribution >= 4 is 40.0 Å². The van der Waals surface area contributed by atoms with Crippen LogP contribution in [0.5, 0.6) is 0 Å². The molecule has 0 aromatic heterocycles. The second kappa shape index (κ2) is 11.8. The van der Waals surface area contributed by atoms with Crippen LogP contribution in [0.4, 0.5) is 0 Å². The minimum absolute atomic E-state index is 0. The standard InChI is InChI=1S/C18H31N5O2S.HI/c1-15-7-3-4-11-23(15)12-6-10-21-18(20-2)22-14-16-8-5-9-17(13-16)26(19,24)25;/h5,8-9,13,15H,3-4,6-7,10-12,14H2,1-2H3,(H2,19,24,25)(H2,20,21,22);1H. The molecule has 154 valence electrons. The summed E-state index contributed by atoms with van der Waals surface area (Å²) in [5.41, 5.74) is 0.835. The van der Waals surface area contributed by atoms with Gasteiger partial charge in [-0.15, -0.1) is 24.0 Å². The van der Waals surface area contributed by atoms with Gasteiger partial charge in [-0.05, 0) is 50.4 Å². The van der Waals surface area contributed by atoms with Gasteiger partial charge in [0.05, 0.1) is 4.90 Å². The lowest BCUT2D eigenvalue weighted by atomic mass is 10.0. The number of sulfonamides is 1. The van der Waals surface area contributed by atoms with E-state index in [0.29, 0.717) is 18.5 Å². The van der Waals surface area contributed by atoms with Gasteiger partial charge in [0.25, 0.3) is 0 Å². The molecule has 4 N–H and O–H groups in total. The number of rotatable bonds is 7. The van der Waals surface area contributed by atoms with Crippen molar-refractivity contribution in [2.45, 2.75) is 50.1 Å². The molecule has 1 unspecified atom stereocenters. The molecule has 0 radical (unpaired) electrons. The highest BCUT2D eigenvalue weighted by Crippen LogP contribution is 2.16. The van der Waals surface area contributed by atoms with Crippen LogP contribution in [0.3, 0.4) is 0 Å². The first kappa shape index (κ1) is 24.1. The largest absolute Gasteiger partial charge is 0.356 e. The lowest BCUT2D eigenvalue weighted by Crippen LogP contribution is -2.41. The van der Waals surface area contributed by atoms with E-state index >= 15 is 0 Å². The molecule has 7 nitrogen and oxygen atoms in total. The summed E-state index contributed by atoms with van der Waals surface area (Å²) >= 11 is 0. The first-order valence-electron chi connectivity index (χ1n) is 9.20. The van der Waals surface area contributed by atoms with Crippen LogP contribution in [0.15, 0.2) is 34.2 Å². The van der Waals surface area contributed by atoms with Gasteiger partial charge in [0.15, 0.2) is 5.96 Å². The summed E-state index contributed by atoms with van der Waals surface area (Å²) in [5, 5.41) is 11.7. The maximum absolute atomic E-state index is 11.4. The highest BCUT2D eigenvalue weighted by molar-refractivity contribution is 14.0. The van der Waals surface area contributed by atoms with Crippen LogP contribution < -0.4 is 15.8 Å². The fourth-order valence-electron chi connectivity index (χ4n) is 3.22. The fourth-order valence-corrected chi connectivity index (χ4v) is 3.80. The van der Waals surface area contributed by atoms with Gasteiger partial charge in [-0.25, -0.2) is 13.6 Å². The van der Waals surface area contributed by atoms with Crippen molar-refractivity contribution < 1.29 is 8.42 Å². The summed E-state index contributed by atoms with van der Waals surface area (Å²) < 4.78 is 22.8. The van der Waals surface area contributed by atoms with E-state index in [9.17, 15) is 8.42 Å². The normalized spacial score (nSPS) is 18.6. The zero-order chi connectivity index (χ0) is 19.0. The highest BCUT2D eigenvalue weighted by atomic mass is 127. The Bertz CT molecular complexity index is 711. The Hall–Kier alpha value is -0.910. The van der Waals surface area contributed by atoms with Gasteiger partial charge in [0.2, 0.25) is 10.0 Å². The van der Waals surface area contributed by atoms with Crippen LogP contribution in [0, 0.1) is 0 Å². The summed E-state index contributed by atoms with van der Waals surface area (Å²) in [6, 6.07) is 7.30. The van der Waals surface area contributed by atoms with Crippen molar-refractivity contribution in [1.29, 1.82) is 0 Å². The fraction of sp³-hybridized carbons (Fsp3) is 0.611. The number of nitrogens with zero attached hydrogens (tertiary/aromatic N) is 2. The minimum atomic E-state index is -3.68. The number of nitrogens with two attached hydrogens (primary N) is 1. The molecule has 9 heteroatoms. The zero-order valence-corrected chi connectivity index (χ0v) is 19.3. The van der Waals surface area contributed by atoms with E-state index in [1.165, 1.54) is 31.9 Å². The Balaban J connectivity index is 0.00000364. The lowest BCUT2D eigenvalue weighted by molar-refractivity contribution is 0.159. The molecule has 0 bridgehead atoms. The van der Waals surface area contributed by atoms with Crippen molar-refractivity contribution in [3.05, 3.63) is 29.8 Å². The molecule has 1 saturated heterocycles. The smallest absolute Gasteiger partial charge is 0.238 e. The van der Waals surface area contributed by atoms with E-state index in [4.69, 9.17) is 5.14 Å². The van der Waals surface area contributed by atoms with E-state index in [1.54, 1.807) is 19.2 Å². The van der Waals surface area contributed by atoms with Crippen LogP contribution >= 0.6 is 24.0 Å². The quantitative estimate of drug-likeness (QED) is 0.226. The van der Waals surface area contributed by atoms with Crippen molar-refractivity contribution in [3.63, 3.8) is 0 Å². The van der Waals surface area contributed by atoms with Crippen LogP contribution in [0.2, 0.25) is 0 Å². The Labute approximate surface area is 180 Å². The number of guanidine groups is 1. The SMILES string of the molecule is CN=C(NCCCN1CCCCC1C)NCc1cccc(S(N)(=O)=O)c1.I. The predicted octanol–water partition coefficient (Wildman–Crippen LogP) is 1.88. The monoisotopic (exact) mass is 509 g/mol. The Kier molecular flexibility index (Phi) is 10.6. The summed E-state index contributed by atoms with van der Waals surface area (Å²) in [6.07, 6.45) is 5.01. The molecule has 0 saturated carbocycles.